The molecule has 0 heterocycles. The van der Waals surface area contributed by atoms with E-state index in [2.05, 4.69) is 16.6 Å². The SMILES string of the molecule is C#Cc1ccc(C(C(=O)Nc2ccc3ccccc3c2)N(CCCC)C(=O)C(CCSC)NC(=O)OC(C)(C)C)cc1. The summed E-state index contributed by atoms with van der Waals surface area (Å²) in [4.78, 5) is 42.7. The minimum absolute atomic E-state index is 0.327. The van der Waals surface area contributed by atoms with Crippen LogP contribution in [0.5, 0.6) is 0 Å². The van der Waals surface area contributed by atoms with Crippen LogP contribution in [0, 0.1) is 12.3 Å². The van der Waals surface area contributed by atoms with Crippen LogP contribution < -0.4 is 10.6 Å². The van der Waals surface area contributed by atoms with Gasteiger partial charge >= 0.3 is 6.09 Å². The van der Waals surface area contributed by atoms with Gasteiger partial charge in [-0.15, -0.1) is 6.42 Å². The Hall–Kier alpha value is -3.96. The fraction of sp³-hybridized carbons (Fsp3) is 0.382. The summed E-state index contributed by atoms with van der Waals surface area (Å²) in [5.41, 5.74) is 1.19. The number of fused-ring (bicyclic) bond motifs is 1. The molecule has 2 unspecified atom stereocenters. The number of hydrogen-bond donors (Lipinski definition) is 2. The van der Waals surface area contributed by atoms with Gasteiger partial charge in [-0.1, -0.05) is 61.7 Å². The van der Waals surface area contributed by atoms with Crippen molar-refractivity contribution in [1.29, 1.82) is 0 Å². The normalized spacial score (nSPS) is 12.6. The molecule has 0 saturated heterocycles. The number of amides is 3. The number of rotatable bonds is 12. The average molecular weight is 588 g/mol. The van der Waals surface area contributed by atoms with Gasteiger partial charge in [0.25, 0.3) is 5.91 Å². The number of nitrogens with one attached hydrogen (secondary N) is 2. The van der Waals surface area contributed by atoms with Crippen molar-refractivity contribution in [2.45, 2.75) is 64.6 Å². The topological polar surface area (TPSA) is 87.7 Å². The van der Waals surface area contributed by atoms with E-state index in [0.29, 0.717) is 42.0 Å². The predicted molar refractivity (Wildman–Crippen MR) is 172 cm³/mol. The van der Waals surface area contributed by atoms with Crippen molar-refractivity contribution < 1.29 is 19.1 Å². The molecule has 42 heavy (non-hydrogen) atoms. The molecule has 0 fully saturated rings. The highest BCUT2D eigenvalue weighted by Crippen LogP contribution is 2.27. The third-order valence-corrected chi connectivity index (χ3v) is 7.25. The van der Waals surface area contributed by atoms with Gasteiger partial charge in [-0.25, -0.2) is 4.79 Å². The number of terminal acetylenes is 1. The van der Waals surface area contributed by atoms with Crippen LogP contribution >= 0.6 is 11.8 Å². The summed E-state index contributed by atoms with van der Waals surface area (Å²) in [6.07, 6.45) is 8.73. The molecule has 222 valence electrons. The Morgan fingerprint density at radius 3 is 2.33 bits per heavy atom. The Morgan fingerprint density at radius 2 is 1.71 bits per heavy atom. The summed E-state index contributed by atoms with van der Waals surface area (Å²) in [6.45, 7) is 7.66. The maximum absolute atomic E-state index is 14.3. The lowest BCUT2D eigenvalue weighted by molar-refractivity contribution is -0.141. The molecule has 0 saturated carbocycles. The molecular formula is C34H41N3O4S. The van der Waals surface area contributed by atoms with Crippen molar-refractivity contribution in [3.63, 3.8) is 0 Å². The second-order valence-corrected chi connectivity index (χ2v) is 12.1. The lowest BCUT2D eigenvalue weighted by Gasteiger charge is -2.34. The zero-order chi connectivity index (χ0) is 30.7. The van der Waals surface area contributed by atoms with E-state index in [0.717, 1.165) is 17.2 Å². The lowest BCUT2D eigenvalue weighted by Crippen LogP contribution is -2.52. The fourth-order valence-corrected chi connectivity index (χ4v) is 5.02. The summed E-state index contributed by atoms with van der Waals surface area (Å²) in [7, 11) is 0. The molecule has 0 aliphatic carbocycles. The van der Waals surface area contributed by atoms with Crippen molar-refractivity contribution in [3.05, 3.63) is 77.9 Å². The number of alkyl carbamates (subject to hydrolysis) is 1. The van der Waals surface area contributed by atoms with Crippen LogP contribution in [0.2, 0.25) is 0 Å². The molecule has 3 aromatic carbocycles. The van der Waals surface area contributed by atoms with E-state index < -0.39 is 23.8 Å². The minimum atomic E-state index is -0.959. The van der Waals surface area contributed by atoms with E-state index in [-0.39, 0.29) is 11.8 Å². The molecule has 2 N–H and O–H groups in total. The van der Waals surface area contributed by atoms with Gasteiger partial charge in [-0.05, 0) is 86.2 Å². The summed E-state index contributed by atoms with van der Waals surface area (Å²) < 4.78 is 5.47. The average Bonchev–Trinajstić information content (AvgIpc) is 2.96. The quantitative estimate of drug-likeness (QED) is 0.228. The largest absolute Gasteiger partial charge is 0.444 e. The smallest absolute Gasteiger partial charge is 0.408 e. The number of carbonyl (C=O) groups is 3. The Balaban J connectivity index is 2.02. The molecule has 0 aliphatic rings. The first-order valence-corrected chi connectivity index (χ1v) is 15.6. The van der Waals surface area contributed by atoms with Crippen LogP contribution in [0.15, 0.2) is 66.7 Å². The highest BCUT2D eigenvalue weighted by Gasteiger charge is 2.36. The van der Waals surface area contributed by atoms with Crippen LogP contribution in [0.4, 0.5) is 10.5 Å². The molecule has 0 aliphatic heterocycles. The van der Waals surface area contributed by atoms with Crippen molar-refractivity contribution in [2.75, 3.05) is 23.9 Å². The molecule has 0 aromatic heterocycles. The number of ether oxygens (including phenoxy) is 1. The fourth-order valence-electron chi connectivity index (χ4n) is 4.55. The van der Waals surface area contributed by atoms with E-state index in [1.54, 1.807) is 61.7 Å². The molecule has 0 bridgehead atoms. The predicted octanol–water partition coefficient (Wildman–Crippen LogP) is 6.78. The zero-order valence-electron chi connectivity index (χ0n) is 25.1. The Labute approximate surface area is 253 Å². The number of unbranched alkanes of at least 4 members (excludes halogenated alkanes) is 1. The standard InChI is InChI=1S/C34H41N3O4S/c1-7-9-21-37(32(39)29(20-22-42-6)36-33(40)41-34(3,4)5)30(26-16-14-24(8-2)15-17-26)31(38)35-28-19-18-25-12-10-11-13-27(25)23-28/h2,10-19,23,29-30H,7,9,20-22H2,1,3-6H3,(H,35,38)(H,36,40). The van der Waals surface area contributed by atoms with E-state index in [4.69, 9.17) is 11.2 Å². The van der Waals surface area contributed by atoms with E-state index >= 15 is 0 Å². The van der Waals surface area contributed by atoms with Gasteiger partial charge in [0.15, 0.2) is 0 Å². The lowest BCUT2D eigenvalue weighted by atomic mass is 10.00. The Morgan fingerprint density at radius 1 is 1.02 bits per heavy atom. The molecule has 0 spiro atoms. The number of carbonyl (C=O) groups excluding carboxylic acids is 3. The van der Waals surface area contributed by atoms with Gasteiger partial charge in [0.1, 0.15) is 17.7 Å². The summed E-state index contributed by atoms with van der Waals surface area (Å²) in [6, 6.07) is 18.9. The second-order valence-electron chi connectivity index (χ2n) is 11.1. The molecule has 3 amide bonds. The Kier molecular flexibility index (Phi) is 11.9. The van der Waals surface area contributed by atoms with Gasteiger partial charge in [0, 0.05) is 17.8 Å². The summed E-state index contributed by atoms with van der Waals surface area (Å²) >= 11 is 1.57. The van der Waals surface area contributed by atoms with Crippen LogP contribution in [0.25, 0.3) is 10.8 Å². The molecule has 2 atom stereocenters. The third kappa shape index (κ3) is 9.28. The van der Waals surface area contributed by atoms with Gasteiger partial charge in [-0.2, -0.15) is 11.8 Å². The number of benzene rings is 3. The summed E-state index contributed by atoms with van der Waals surface area (Å²) in [5, 5.41) is 7.86. The second kappa shape index (κ2) is 15.3. The molecule has 3 aromatic rings. The number of anilines is 1. The van der Waals surface area contributed by atoms with Crippen molar-refractivity contribution in [2.24, 2.45) is 0 Å². The van der Waals surface area contributed by atoms with E-state index in [1.807, 2.05) is 55.6 Å². The first kappa shape index (κ1) is 32.6. The highest BCUT2D eigenvalue weighted by atomic mass is 32.2. The third-order valence-electron chi connectivity index (χ3n) is 6.61. The zero-order valence-corrected chi connectivity index (χ0v) is 25.9. The van der Waals surface area contributed by atoms with Gasteiger partial charge in [-0.3, -0.25) is 9.59 Å². The molecule has 7 nitrogen and oxygen atoms in total. The van der Waals surface area contributed by atoms with Crippen molar-refractivity contribution in [1.82, 2.24) is 10.2 Å². The number of hydrogen-bond acceptors (Lipinski definition) is 5. The van der Waals surface area contributed by atoms with Crippen LogP contribution in [-0.2, 0) is 14.3 Å². The van der Waals surface area contributed by atoms with Gasteiger partial charge in [0.2, 0.25) is 5.91 Å². The van der Waals surface area contributed by atoms with Gasteiger partial charge < -0.3 is 20.3 Å². The maximum Gasteiger partial charge on any atom is 0.408 e. The van der Waals surface area contributed by atoms with Crippen molar-refractivity contribution in [3.8, 4) is 12.3 Å². The highest BCUT2D eigenvalue weighted by molar-refractivity contribution is 7.98. The maximum atomic E-state index is 14.3. The van der Waals surface area contributed by atoms with Crippen LogP contribution in [0.3, 0.4) is 0 Å². The first-order chi connectivity index (χ1) is 20.1. The number of nitrogens with zero attached hydrogens (tertiary/aromatic N) is 1. The van der Waals surface area contributed by atoms with E-state index in [1.165, 1.54) is 0 Å². The molecular weight excluding hydrogens is 546 g/mol. The van der Waals surface area contributed by atoms with E-state index in [9.17, 15) is 14.4 Å². The van der Waals surface area contributed by atoms with Crippen LogP contribution in [-0.4, -0.2) is 53.0 Å². The van der Waals surface area contributed by atoms with Gasteiger partial charge in [0.05, 0.1) is 0 Å². The van der Waals surface area contributed by atoms with Crippen molar-refractivity contribution >= 4 is 46.1 Å². The molecule has 3 rings (SSSR count). The minimum Gasteiger partial charge on any atom is -0.444 e. The first-order valence-electron chi connectivity index (χ1n) is 14.2. The monoisotopic (exact) mass is 587 g/mol. The summed E-state index contributed by atoms with van der Waals surface area (Å²) in [5.74, 6) is 2.54. The molecule has 0 radical (unpaired) electrons. The Bertz CT molecular complexity index is 1410. The van der Waals surface area contributed by atoms with Crippen LogP contribution in [0.1, 0.15) is 64.1 Å². The number of thioether (sulfide) groups is 1. The molecule has 8 heteroatoms.